The SMILES string of the molecule is CCCCCn1c(=O)c2ccccc2n2c(SCC(=O)N(C)Cc3cccs3)nnc12. The predicted molar refractivity (Wildman–Crippen MR) is 126 cm³/mol. The Labute approximate surface area is 188 Å². The van der Waals surface area contributed by atoms with E-state index >= 15 is 0 Å². The van der Waals surface area contributed by atoms with Crippen molar-refractivity contribution in [3.05, 3.63) is 57.0 Å². The Kier molecular flexibility index (Phi) is 6.72. The van der Waals surface area contributed by atoms with Gasteiger partial charge in [-0.25, -0.2) is 0 Å². The molecule has 4 aromatic rings. The first-order valence-corrected chi connectivity index (χ1v) is 12.2. The Morgan fingerprint density at radius 3 is 2.77 bits per heavy atom. The van der Waals surface area contributed by atoms with Crippen LogP contribution in [-0.4, -0.2) is 42.8 Å². The van der Waals surface area contributed by atoms with E-state index in [1.54, 1.807) is 20.8 Å². The number of thioether (sulfide) groups is 1. The van der Waals surface area contributed by atoms with Gasteiger partial charge in [0.15, 0.2) is 5.16 Å². The van der Waals surface area contributed by atoms with Crippen molar-refractivity contribution in [3.63, 3.8) is 0 Å². The van der Waals surface area contributed by atoms with Crippen LogP contribution in [0.1, 0.15) is 31.1 Å². The van der Waals surface area contributed by atoms with E-state index in [4.69, 9.17) is 0 Å². The van der Waals surface area contributed by atoms with Crippen LogP contribution in [-0.2, 0) is 17.9 Å². The summed E-state index contributed by atoms with van der Waals surface area (Å²) in [7, 11) is 1.81. The molecule has 7 nitrogen and oxygen atoms in total. The highest BCUT2D eigenvalue weighted by Crippen LogP contribution is 2.22. The number of nitrogens with zero attached hydrogens (tertiary/aromatic N) is 5. The second-order valence-corrected chi connectivity index (χ2v) is 9.39. The Hall–Kier alpha value is -2.65. The molecule has 3 heterocycles. The molecule has 0 radical (unpaired) electrons. The van der Waals surface area contributed by atoms with E-state index in [-0.39, 0.29) is 17.2 Å². The first-order valence-electron chi connectivity index (χ1n) is 10.4. The lowest BCUT2D eigenvalue weighted by Crippen LogP contribution is -2.27. The number of carbonyl (C=O) groups excluding carboxylic acids is 1. The van der Waals surface area contributed by atoms with Gasteiger partial charge in [0.05, 0.1) is 23.2 Å². The topological polar surface area (TPSA) is 72.5 Å². The third-order valence-corrected chi connectivity index (χ3v) is 6.96. The minimum Gasteiger partial charge on any atom is -0.340 e. The van der Waals surface area contributed by atoms with Gasteiger partial charge in [0.25, 0.3) is 5.56 Å². The fourth-order valence-corrected chi connectivity index (χ4v) is 5.15. The van der Waals surface area contributed by atoms with Gasteiger partial charge < -0.3 is 4.90 Å². The van der Waals surface area contributed by atoms with Crippen molar-refractivity contribution in [2.24, 2.45) is 0 Å². The summed E-state index contributed by atoms with van der Waals surface area (Å²) in [5, 5.41) is 11.9. The zero-order valence-electron chi connectivity index (χ0n) is 17.7. The average Bonchev–Trinajstić information content (AvgIpc) is 3.44. The number of amides is 1. The molecular weight excluding hydrogens is 430 g/mol. The summed E-state index contributed by atoms with van der Waals surface area (Å²) in [4.78, 5) is 28.6. The molecule has 0 N–H and O–H groups in total. The first kappa shape index (κ1) is 21.6. The quantitative estimate of drug-likeness (QED) is 0.281. The number of fused-ring (bicyclic) bond motifs is 3. The van der Waals surface area contributed by atoms with Crippen molar-refractivity contribution in [3.8, 4) is 0 Å². The van der Waals surface area contributed by atoms with Crippen molar-refractivity contribution in [2.75, 3.05) is 12.8 Å². The van der Waals surface area contributed by atoms with Gasteiger partial charge in [-0.1, -0.05) is 49.7 Å². The number of hydrogen-bond donors (Lipinski definition) is 0. The normalized spacial score (nSPS) is 11.4. The minimum absolute atomic E-state index is 0.0238. The number of unbranched alkanes of at least 4 members (excludes halogenated alkanes) is 2. The lowest BCUT2D eigenvalue weighted by atomic mass is 10.2. The third-order valence-electron chi connectivity index (χ3n) is 5.19. The smallest absolute Gasteiger partial charge is 0.262 e. The van der Waals surface area contributed by atoms with Crippen molar-refractivity contribution < 1.29 is 4.79 Å². The number of aromatic nitrogens is 4. The van der Waals surface area contributed by atoms with E-state index < -0.39 is 0 Å². The molecule has 0 bridgehead atoms. The summed E-state index contributed by atoms with van der Waals surface area (Å²) in [5.74, 6) is 0.809. The second-order valence-electron chi connectivity index (χ2n) is 7.42. The molecule has 0 fully saturated rings. The molecule has 4 rings (SSSR count). The molecule has 1 amide bonds. The van der Waals surface area contributed by atoms with Crippen LogP contribution in [0.2, 0.25) is 0 Å². The fourth-order valence-electron chi connectivity index (χ4n) is 3.51. The molecule has 0 aliphatic carbocycles. The van der Waals surface area contributed by atoms with Gasteiger partial charge in [-0.2, -0.15) is 0 Å². The molecule has 9 heteroatoms. The van der Waals surface area contributed by atoms with E-state index in [9.17, 15) is 9.59 Å². The zero-order valence-corrected chi connectivity index (χ0v) is 19.3. The number of carbonyl (C=O) groups is 1. The van der Waals surface area contributed by atoms with E-state index in [1.807, 2.05) is 53.2 Å². The molecule has 0 aliphatic heterocycles. The van der Waals surface area contributed by atoms with Gasteiger partial charge >= 0.3 is 0 Å². The maximum Gasteiger partial charge on any atom is 0.262 e. The fraction of sp³-hybridized carbons (Fsp3) is 0.364. The number of thiophene rings is 1. The van der Waals surface area contributed by atoms with E-state index in [1.165, 1.54) is 11.8 Å². The Balaban J connectivity index is 1.62. The first-order chi connectivity index (χ1) is 15.1. The predicted octanol–water partition coefficient (Wildman–Crippen LogP) is 4.05. The molecule has 0 spiro atoms. The number of rotatable bonds is 9. The number of para-hydroxylation sites is 1. The summed E-state index contributed by atoms with van der Waals surface area (Å²) in [6.45, 7) is 3.33. The van der Waals surface area contributed by atoms with Crippen LogP contribution in [0.15, 0.2) is 51.7 Å². The van der Waals surface area contributed by atoms with Crippen LogP contribution in [0.25, 0.3) is 16.7 Å². The van der Waals surface area contributed by atoms with Gasteiger partial charge in [0.1, 0.15) is 0 Å². The van der Waals surface area contributed by atoms with Crippen molar-refractivity contribution in [2.45, 2.75) is 44.4 Å². The summed E-state index contributed by atoms with van der Waals surface area (Å²) in [6, 6.07) is 11.5. The van der Waals surface area contributed by atoms with E-state index in [2.05, 4.69) is 17.1 Å². The van der Waals surface area contributed by atoms with Crippen LogP contribution >= 0.6 is 23.1 Å². The third kappa shape index (κ3) is 4.52. The summed E-state index contributed by atoms with van der Waals surface area (Å²) >= 11 is 2.99. The Bertz CT molecular complexity index is 1250. The molecule has 3 aromatic heterocycles. The Morgan fingerprint density at radius 1 is 1.16 bits per heavy atom. The maximum atomic E-state index is 13.1. The standard InChI is InChI=1S/C22H25N5O2S2/c1-3-4-7-12-26-20(29)17-10-5-6-11-18(17)27-21(26)23-24-22(27)31-15-19(28)25(2)14-16-9-8-13-30-16/h5-6,8-11,13H,3-4,7,12,14-15H2,1-2H3. The van der Waals surface area contributed by atoms with Crippen molar-refractivity contribution in [1.82, 2.24) is 24.1 Å². The molecule has 0 saturated heterocycles. The van der Waals surface area contributed by atoms with E-state index in [0.717, 1.165) is 29.7 Å². The van der Waals surface area contributed by atoms with E-state index in [0.29, 0.717) is 29.4 Å². The molecule has 162 valence electrons. The monoisotopic (exact) mass is 455 g/mol. The van der Waals surface area contributed by atoms with Gasteiger partial charge in [-0.15, -0.1) is 21.5 Å². The highest BCUT2D eigenvalue weighted by molar-refractivity contribution is 7.99. The molecule has 0 atom stereocenters. The van der Waals surface area contributed by atoms with Gasteiger partial charge in [-0.05, 0) is 30.0 Å². The number of aryl methyl sites for hydroxylation is 1. The summed E-state index contributed by atoms with van der Waals surface area (Å²) < 4.78 is 3.61. The van der Waals surface area contributed by atoms with Gasteiger partial charge in [-0.3, -0.25) is 18.6 Å². The second kappa shape index (κ2) is 9.65. The van der Waals surface area contributed by atoms with Crippen LogP contribution < -0.4 is 5.56 Å². The molecule has 0 saturated carbocycles. The van der Waals surface area contributed by atoms with Crippen LogP contribution in [0.5, 0.6) is 0 Å². The van der Waals surface area contributed by atoms with Gasteiger partial charge in [0, 0.05) is 18.5 Å². The minimum atomic E-state index is -0.0464. The molecule has 1 aromatic carbocycles. The largest absolute Gasteiger partial charge is 0.340 e. The number of benzene rings is 1. The van der Waals surface area contributed by atoms with Crippen molar-refractivity contribution >= 4 is 45.7 Å². The highest BCUT2D eigenvalue weighted by Gasteiger charge is 2.18. The lowest BCUT2D eigenvalue weighted by molar-refractivity contribution is -0.127. The van der Waals surface area contributed by atoms with Crippen molar-refractivity contribution in [1.29, 1.82) is 0 Å². The number of hydrogen-bond acceptors (Lipinski definition) is 6. The zero-order chi connectivity index (χ0) is 21.8. The maximum absolute atomic E-state index is 13.1. The van der Waals surface area contributed by atoms with Crippen LogP contribution in [0.4, 0.5) is 0 Å². The van der Waals surface area contributed by atoms with Crippen LogP contribution in [0, 0.1) is 0 Å². The molecule has 0 aliphatic rings. The molecule has 31 heavy (non-hydrogen) atoms. The summed E-state index contributed by atoms with van der Waals surface area (Å²) in [5.41, 5.74) is 0.719. The highest BCUT2D eigenvalue weighted by atomic mass is 32.2. The molecule has 0 unspecified atom stereocenters. The Morgan fingerprint density at radius 2 is 2.00 bits per heavy atom. The summed E-state index contributed by atoms with van der Waals surface area (Å²) in [6.07, 6.45) is 3.03. The molecular formula is C22H25N5O2S2. The van der Waals surface area contributed by atoms with Crippen LogP contribution in [0.3, 0.4) is 0 Å². The van der Waals surface area contributed by atoms with Gasteiger partial charge in [0.2, 0.25) is 11.7 Å². The average molecular weight is 456 g/mol. The lowest BCUT2D eigenvalue weighted by Gasteiger charge is -2.15.